The molecule has 0 spiro atoms. The second-order valence-corrected chi connectivity index (χ2v) is 2.77. The van der Waals surface area contributed by atoms with Gasteiger partial charge in [-0.15, -0.1) is 0 Å². The summed E-state index contributed by atoms with van der Waals surface area (Å²) in [5, 5.41) is 10.7. The van der Waals surface area contributed by atoms with Crippen molar-refractivity contribution in [1.29, 1.82) is 5.26 Å². The fourth-order valence-corrected chi connectivity index (χ4v) is 0.961. The van der Waals surface area contributed by atoms with Gasteiger partial charge in [-0.05, 0) is 19.3 Å². The fourth-order valence-electron chi connectivity index (χ4n) is 0.961. The van der Waals surface area contributed by atoms with Crippen LogP contribution in [0, 0.1) is 11.5 Å². The molecule has 0 unspecified atom stereocenters. The number of ether oxygens (including phenoxy) is 2. The number of amides is 1. The highest BCUT2D eigenvalue weighted by atomic mass is 16.5. The Labute approximate surface area is 84.0 Å². The fraction of sp³-hybridized carbons (Fsp3) is 0.778. The lowest BCUT2D eigenvalue weighted by Crippen LogP contribution is -2.23. The average Bonchev–Trinajstić information content (AvgIpc) is 2.21. The highest BCUT2D eigenvalue weighted by Crippen LogP contribution is 1.98. The summed E-state index contributed by atoms with van der Waals surface area (Å²) in [7, 11) is 1.34. The normalized spacial score (nSPS) is 8.86. The van der Waals surface area contributed by atoms with E-state index in [1.165, 1.54) is 7.11 Å². The molecule has 0 rings (SSSR count). The summed E-state index contributed by atoms with van der Waals surface area (Å²) in [6.45, 7) is 1.12. The molecule has 0 aromatic heterocycles. The summed E-state index contributed by atoms with van der Waals surface area (Å²) in [5.74, 6) is 0. The van der Waals surface area contributed by atoms with Gasteiger partial charge in [-0.3, -0.25) is 0 Å². The number of methoxy groups -OCH3 is 1. The van der Waals surface area contributed by atoms with Gasteiger partial charge in [0.25, 0.3) is 6.26 Å². The maximum absolute atomic E-state index is 10.6. The quantitative estimate of drug-likeness (QED) is 0.498. The Balaban J connectivity index is 3.00. The highest BCUT2D eigenvalue weighted by molar-refractivity contribution is 5.66. The minimum absolute atomic E-state index is 0.391. The number of hydrogen-bond donors (Lipinski definition) is 1. The molecule has 0 radical (unpaired) electrons. The van der Waals surface area contributed by atoms with Crippen LogP contribution in [0.15, 0.2) is 0 Å². The van der Waals surface area contributed by atoms with Gasteiger partial charge < -0.3 is 14.8 Å². The lowest BCUT2D eigenvalue weighted by molar-refractivity contribution is 0.171. The van der Waals surface area contributed by atoms with Crippen molar-refractivity contribution in [2.24, 2.45) is 0 Å². The van der Waals surface area contributed by atoms with Crippen molar-refractivity contribution in [3.05, 3.63) is 0 Å². The highest BCUT2D eigenvalue weighted by Gasteiger charge is 1.96. The largest absolute Gasteiger partial charge is 0.453 e. The molecule has 5 nitrogen and oxygen atoms in total. The SMILES string of the molecule is COC(=O)NCCCCCCOC#N. The number of nitriles is 1. The molecular weight excluding hydrogens is 184 g/mol. The molecule has 0 aliphatic carbocycles. The summed E-state index contributed by atoms with van der Waals surface area (Å²) in [4.78, 5) is 10.6. The second kappa shape index (κ2) is 9.65. The third kappa shape index (κ3) is 8.65. The lowest BCUT2D eigenvalue weighted by atomic mass is 10.2. The van der Waals surface area contributed by atoms with Gasteiger partial charge in [0.1, 0.15) is 6.61 Å². The summed E-state index contributed by atoms with van der Waals surface area (Å²) < 4.78 is 8.92. The molecule has 0 bridgehead atoms. The molecule has 0 heterocycles. The Morgan fingerprint density at radius 2 is 2.07 bits per heavy atom. The van der Waals surface area contributed by atoms with Crippen LogP contribution in [0.25, 0.3) is 0 Å². The number of rotatable bonds is 7. The predicted molar refractivity (Wildman–Crippen MR) is 50.4 cm³/mol. The Hall–Kier alpha value is -1.44. The van der Waals surface area contributed by atoms with Crippen molar-refractivity contribution < 1.29 is 14.3 Å². The summed E-state index contributed by atoms with van der Waals surface area (Å²) >= 11 is 0. The van der Waals surface area contributed by atoms with E-state index in [2.05, 4.69) is 14.8 Å². The molecule has 0 saturated carbocycles. The summed E-state index contributed by atoms with van der Waals surface area (Å²) in [6, 6.07) is 0. The Kier molecular flexibility index (Phi) is 8.65. The number of carbonyl (C=O) groups is 1. The van der Waals surface area contributed by atoms with Crippen LogP contribution in [0.5, 0.6) is 0 Å². The zero-order valence-electron chi connectivity index (χ0n) is 8.41. The predicted octanol–water partition coefficient (Wildman–Crippen LogP) is 1.40. The van der Waals surface area contributed by atoms with Crippen LogP contribution < -0.4 is 5.32 Å². The topological polar surface area (TPSA) is 71.3 Å². The molecule has 1 amide bonds. The van der Waals surface area contributed by atoms with E-state index in [0.717, 1.165) is 25.7 Å². The average molecular weight is 200 g/mol. The Bertz CT molecular complexity index is 189. The van der Waals surface area contributed by atoms with Crippen LogP contribution in [0.4, 0.5) is 4.79 Å². The van der Waals surface area contributed by atoms with Gasteiger partial charge in [0.15, 0.2) is 0 Å². The zero-order chi connectivity index (χ0) is 10.6. The smallest absolute Gasteiger partial charge is 0.406 e. The van der Waals surface area contributed by atoms with E-state index in [4.69, 9.17) is 5.26 Å². The summed E-state index contributed by atoms with van der Waals surface area (Å²) in [6.07, 6.45) is 5.04. The first-order valence-corrected chi connectivity index (χ1v) is 4.64. The molecule has 0 aromatic carbocycles. The van der Waals surface area contributed by atoms with Gasteiger partial charge in [-0.2, -0.15) is 5.26 Å². The number of hydrogen-bond acceptors (Lipinski definition) is 4. The van der Waals surface area contributed by atoms with E-state index in [0.29, 0.717) is 13.2 Å². The van der Waals surface area contributed by atoms with Gasteiger partial charge in [-0.25, -0.2) is 4.79 Å². The molecule has 1 N–H and O–H groups in total. The number of carbonyl (C=O) groups excluding carboxylic acids is 1. The number of nitrogens with zero attached hydrogens (tertiary/aromatic N) is 1. The molecule has 0 aliphatic heterocycles. The van der Waals surface area contributed by atoms with Gasteiger partial charge in [-0.1, -0.05) is 6.42 Å². The lowest BCUT2D eigenvalue weighted by Gasteiger charge is -2.02. The standard InChI is InChI=1S/C9H16N2O3/c1-13-9(12)11-6-4-2-3-5-7-14-8-10/h2-7H2,1H3,(H,11,12). The first-order chi connectivity index (χ1) is 6.81. The Morgan fingerprint density at radius 1 is 1.36 bits per heavy atom. The maximum atomic E-state index is 10.6. The van der Waals surface area contributed by atoms with E-state index in [1.54, 1.807) is 6.26 Å². The molecule has 80 valence electrons. The molecule has 0 fully saturated rings. The van der Waals surface area contributed by atoms with E-state index in [1.807, 2.05) is 0 Å². The van der Waals surface area contributed by atoms with Crippen molar-refractivity contribution in [2.75, 3.05) is 20.3 Å². The molecular formula is C9H16N2O3. The molecule has 0 aliphatic rings. The zero-order valence-corrected chi connectivity index (χ0v) is 8.41. The second-order valence-electron chi connectivity index (χ2n) is 2.77. The van der Waals surface area contributed by atoms with Crippen LogP contribution >= 0.6 is 0 Å². The van der Waals surface area contributed by atoms with Crippen molar-refractivity contribution in [2.45, 2.75) is 25.7 Å². The minimum atomic E-state index is -0.391. The molecule has 0 saturated heterocycles. The van der Waals surface area contributed by atoms with E-state index < -0.39 is 6.09 Å². The third-order valence-corrected chi connectivity index (χ3v) is 1.69. The van der Waals surface area contributed by atoms with Crippen LogP contribution in [-0.4, -0.2) is 26.4 Å². The monoisotopic (exact) mass is 200 g/mol. The van der Waals surface area contributed by atoms with Crippen molar-refractivity contribution in [1.82, 2.24) is 5.32 Å². The molecule has 0 aromatic rings. The van der Waals surface area contributed by atoms with Crippen LogP contribution in [0.2, 0.25) is 0 Å². The summed E-state index contributed by atoms with van der Waals surface area (Å²) in [5.41, 5.74) is 0. The van der Waals surface area contributed by atoms with E-state index in [9.17, 15) is 4.79 Å². The van der Waals surface area contributed by atoms with Gasteiger partial charge in [0.2, 0.25) is 0 Å². The van der Waals surface area contributed by atoms with Gasteiger partial charge in [0.05, 0.1) is 7.11 Å². The van der Waals surface area contributed by atoms with Crippen molar-refractivity contribution in [3.8, 4) is 6.26 Å². The van der Waals surface area contributed by atoms with E-state index in [-0.39, 0.29) is 0 Å². The first kappa shape index (κ1) is 12.6. The number of alkyl carbamates (subject to hydrolysis) is 1. The van der Waals surface area contributed by atoms with Gasteiger partial charge in [0, 0.05) is 6.54 Å². The van der Waals surface area contributed by atoms with Gasteiger partial charge >= 0.3 is 6.09 Å². The van der Waals surface area contributed by atoms with Crippen molar-refractivity contribution >= 4 is 6.09 Å². The maximum Gasteiger partial charge on any atom is 0.406 e. The van der Waals surface area contributed by atoms with Crippen LogP contribution in [-0.2, 0) is 9.47 Å². The van der Waals surface area contributed by atoms with E-state index >= 15 is 0 Å². The first-order valence-electron chi connectivity index (χ1n) is 4.64. The van der Waals surface area contributed by atoms with Crippen molar-refractivity contribution in [3.63, 3.8) is 0 Å². The third-order valence-electron chi connectivity index (χ3n) is 1.69. The molecule has 14 heavy (non-hydrogen) atoms. The Morgan fingerprint density at radius 3 is 2.71 bits per heavy atom. The molecule has 0 atom stereocenters. The van der Waals surface area contributed by atoms with Crippen LogP contribution in [0.1, 0.15) is 25.7 Å². The molecule has 5 heteroatoms. The number of unbranched alkanes of at least 4 members (excludes halogenated alkanes) is 3. The number of nitrogens with one attached hydrogen (secondary N) is 1. The minimum Gasteiger partial charge on any atom is -0.453 e. The van der Waals surface area contributed by atoms with Crippen LogP contribution in [0.3, 0.4) is 0 Å².